The van der Waals surface area contributed by atoms with Gasteiger partial charge in [-0.25, -0.2) is 0 Å². The number of nitrogens with zero attached hydrogens (tertiary/aromatic N) is 1. The summed E-state index contributed by atoms with van der Waals surface area (Å²) in [7, 11) is 2.21. The van der Waals surface area contributed by atoms with Crippen molar-refractivity contribution in [2.24, 2.45) is 5.92 Å². The van der Waals surface area contributed by atoms with Gasteiger partial charge >= 0.3 is 0 Å². The molecule has 1 saturated heterocycles. The average Bonchev–Trinajstić information content (AvgIpc) is 3.09. The first-order valence-corrected chi connectivity index (χ1v) is 8.21. The topological polar surface area (TPSA) is 15.3 Å². The molecule has 3 heteroatoms. The van der Waals surface area contributed by atoms with Gasteiger partial charge in [0.2, 0.25) is 0 Å². The molecule has 1 aromatic heterocycles. The van der Waals surface area contributed by atoms with Gasteiger partial charge in [0.05, 0.1) is 0 Å². The predicted octanol–water partition coefficient (Wildman–Crippen LogP) is 3.46. The number of rotatable bonds is 5. The maximum absolute atomic E-state index is 3.61. The first-order valence-electron chi connectivity index (χ1n) is 7.33. The molecule has 0 amide bonds. The highest BCUT2D eigenvalue weighted by Crippen LogP contribution is 2.25. The van der Waals surface area contributed by atoms with E-state index in [9.17, 15) is 0 Å². The second-order valence-corrected chi connectivity index (χ2v) is 6.71. The fraction of sp³-hybridized carbons (Fsp3) is 0.412. The minimum absolute atomic E-state index is 0.827. The highest BCUT2D eigenvalue weighted by molar-refractivity contribution is 7.10. The summed E-state index contributed by atoms with van der Waals surface area (Å²) >= 11 is 1.85. The molecule has 1 fully saturated rings. The van der Waals surface area contributed by atoms with Crippen LogP contribution < -0.4 is 5.32 Å². The zero-order valence-electron chi connectivity index (χ0n) is 12.0. The summed E-state index contributed by atoms with van der Waals surface area (Å²) in [6, 6.07) is 12.9. The Bertz CT molecular complexity index is 535. The largest absolute Gasteiger partial charge is 0.312 e. The Morgan fingerprint density at radius 1 is 1.25 bits per heavy atom. The first kappa shape index (κ1) is 13.8. The zero-order chi connectivity index (χ0) is 13.8. The van der Waals surface area contributed by atoms with Gasteiger partial charge in [-0.2, -0.15) is 0 Å². The van der Waals surface area contributed by atoms with Crippen molar-refractivity contribution >= 4 is 11.3 Å². The van der Waals surface area contributed by atoms with Gasteiger partial charge < -0.3 is 10.2 Å². The molecule has 2 aromatic rings. The number of nitrogens with one attached hydrogen (secondary N) is 1. The molecule has 1 aromatic carbocycles. The lowest BCUT2D eigenvalue weighted by molar-refractivity contribution is 0.388. The summed E-state index contributed by atoms with van der Waals surface area (Å²) in [5, 5.41) is 5.87. The molecular formula is C17H22N2S. The third kappa shape index (κ3) is 3.48. The van der Waals surface area contributed by atoms with Gasteiger partial charge in [-0.15, -0.1) is 11.3 Å². The van der Waals surface area contributed by atoms with Crippen molar-refractivity contribution in [2.75, 3.05) is 26.7 Å². The van der Waals surface area contributed by atoms with Crippen LogP contribution in [0.2, 0.25) is 0 Å². The van der Waals surface area contributed by atoms with Gasteiger partial charge in [0.25, 0.3) is 0 Å². The molecule has 2 heterocycles. The van der Waals surface area contributed by atoms with Crippen molar-refractivity contribution in [1.29, 1.82) is 0 Å². The van der Waals surface area contributed by atoms with E-state index in [0.717, 1.165) is 19.0 Å². The van der Waals surface area contributed by atoms with E-state index in [2.05, 4.69) is 59.0 Å². The third-order valence-electron chi connectivity index (χ3n) is 3.98. The van der Waals surface area contributed by atoms with Gasteiger partial charge in [-0.05, 0) is 55.0 Å². The van der Waals surface area contributed by atoms with E-state index in [1.54, 1.807) is 0 Å². The molecule has 0 saturated carbocycles. The van der Waals surface area contributed by atoms with Crippen LogP contribution in [0.4, 0.5) is 0 Å². The SMILES string of the molecule is CN1CCC(CNCc2cc(-c3ccccc3)cs2)C1. The molecule has 3 rings (SSSR count). The minimum Gasteiger partial charge on any atom is -0.312 e. The quantitative estimate of drug-likeness (QED) is 0.905. The molecule has 20 heavy (non-hydrogen) atoms. The van der Waals surface area contributed by atoms with E-state index in [-0.39, 0.29) is 0 Å². The van der Waals surface area contributed by atoms with E-state index in [0.29, 0.717) is 0 Å². The van der Waals surface area contributed by atoms with Crippen LogP contribution in [0.1, 0.15) is 11.3 Å². The Balaban J connectivity index is 1.50. The van der Waals surface area contributed by atoms with Crippen LogP contribution in [0.15, 0.2) is 41.8 Å². The van der Waals surface area contributed by atoms with Crippen LogP contribution in [-0.4, -0.2) is 31.6 Å². The highest BCUT2D eigenvalue weighted by Gasteiger charge is 2.18. The molecule has 0 radical (unpaired) electrons. The number of benzene rings is 1. The number of thiophene rings is 1. The Labute approximate surface area is 125 Å². The lowest BCUT2D eigenvalue weighted by Crippen LogP contribution is -2.24. The molecule has 1 N–H and O–H groups in total. The predicted molar refractivity (Wildman–Crippen MR) is 87.1 cm³/mol. The monoisotopic (exact) mass is 286 g/mol. The Kier molecular flexibility index (Phi) is 4.51. The molecular weight excluding hydrogens is 264 g/mol. The van der Waals surface area contributed by atoms with Crippen LogP contribution in [0.3, 0.4) is 0 Å². The second-order valence-electron chi connectivity index (χ2n) is 5.72. The summed E-state index contributed by atoms with van der Waals surface area (Å²) in [4.78, 5) is 3.85. The molecule has 2 nitrogen and oxygen atoms in total. The summed E-state index contributed by atoms with van der Waals surface area (Å²) < 4.78 is 0. The standard InChI is InChI=1S/C17H22N2S/c1-19-8-7-14(12-19)10-18-11-17-9-16(13-20-17)15-5-3-2-4-6-15/h2-6,9,13-14,18H,7-8,10-12H2,1H3. The van der Waals surface area contributed by atoms with Crippen molar-refractivity contribution in [3.8, 4) is 11.1 Å². The number of likely N-dealkylation sites (tertiary alicyclic amines) is 1. The molecule has 1 atom stereocenters. The zero-order valence-corrected chi connectivity index (χ0v) is 12.8. The minimum atomic E-state index is 0.827. The Morgan fingerprint density at radius 3 is 2.85 bits per heavy atom. The molecule has 1 aliphatic heterocycles. The van der Waals surface area contributed by atoms with Crippen LogP contribution in [0, 0.1) is 5.92 Å². The van der Waals surface area contributed by atoms with E-state index in [4.69, 9.17) is 0 Å². The van der Waals surface area contributed by atoms with Crippen molar-refractivity contribution in [3.63, 3.8) is 0 Å². The van der Waals surface area contributed by atoms with Crippen molar-refractivity contribution in [2.45, 2.75) is 13.0 Å². The van der Waals surface area contributed by atoms with Crippen molar-refractivity contribution < 1.29 is 0 Å². The van der Waals surface area contributed by atoms with Crippen LogP contribution in [0.25, 0.3) is 11.1 Å². The normalized spacial score (nSPS) is 19.6. The van der Waals surface area contributed by atoms with Gasteiger partial charge in [0.15, 0.2) is 0 Å². The summed E-state index contributed by atoms with van der Waals surface area (Å²) in [5.41, 5.74) is 2.65. The average molecular weight is 286 g/mol. The van der Waals surface area contributed by atoms with Gasteiger partial charge in [-0.3, -0.25) is 0 Å². The Hall–Kier alpha value is -1.16. The molecule has 0 bridgehead atoms. The van der Waals surface area contributed by atoms with Crippen LogP contribution in [-0.2, 0) is 6.54 Å². The lowest BCUT2D eigenvalue weighted by Gasteiger charge is -2.10. The van der Waals surface area contributed by atoms with Crippen molar-refractivity contribution in [1.82, 2.24) is 10.2 Å². The molecule has 1 unspecified atom stereocenters. The van der Waals surface area contributed by atoms with Gasteiger partial charge in [0, 0.05) is 18.0 Å². The molecule has 1 aliphatic rings. The summed E-state index contributed by atoms with van der Waals surface area (Å²) in [5.74, 6) is 0.827. The lowest BCUT2D eigenvalue weighted by atomic mass is 10.1. The van der Waals surface area contributed by atoms with Gasteiger partial charge in [0.1, 0.15) is 0 Å². The van der Waals surface area contributed by atoms with E-state index in [1.807, 2.05) is 11.3 Å². The first-order chi connectivity index (χ1) is 9.81. The smallest absolute Gasteiger partial charge is 0.0300 e. The molecule has 0 spiro atoms. The highest BCUT2D eigenvalue weighted by atomic mass is 32.1. The van der Waals surface area contributed by atoms with Crippen molar-refractivity contribution in [3.05, 3.63) is 46.7 Å². The van der Waals surface area contributed by atoms with Gasteiger partial charge in [-0.1, -0.05) is 30.3 Å². The summed E-state index contributed by atoms with van der Waals surface area (Å²) in [6.07, 6.45) is 1.34. The van der Waals surface area contributed by atoms with E-state index < -0.39 is 0 Å². The van der Waals surface area contributed by atoms with Crippen LogP contribution in [0.5, 0.6) is 0 Å². The number of hydrogen-bond acceptors (Lipinski definition) is 3. The Morgan fingerprint density at radius 2 is 2.10 bits per heavy atom. The van der Waals surface area contributed by atoms with E-state index in [1.165, 1.54) is 35.5 Å². The fourth-order valence-electron chi connectivity index (χ4n) is 2.85. The fourth-order valence-corrected chi connectivity index (χ4v) is 3.71. The summed E-state index contributed by atoms with van der Waals surface area (Å²) in [6.45, 7) is 4.64. The number of hydrogen-bond donors (Lipinski definition) is 1. The molecule has 0 aliphatic carbocycles. The second kappa shape index (κ2) is 6.53. The third-order valence-corrected chi connectivity index (χ3v) is 4.92. The molecule has 106 valence electrons. The maximum atomic E-state index is 3.61. The maximum Gasteiger partial charge on any atom is 0.0300 e. The van der Waals surface area contributed by atoms with Crippen LogP contribution >= 0.6 is 11.3 Å². The van der Waals surface area contributed by atoms with E-state index >= 15 is 0 Å².